The van der Waals surface area contributed by atoms with Crippen LogP contribution >= 0.6 is 0 Å². The Morgan fingerprint density at radius 3 is 2.11 bits per heavy atom. The summed E-state index contributed by atoms with van der Waals surface area (Å²) < 4.78 is 5.16. The molecule has 2 rings (SSSR count). The number of aromatic amines is 1. The molecule has 6 nitrogen and oxygen atoms in total. The highest BCUT2D eigenvalue weighted by Gasteiger charge is 1.99. The van der Waals surface area contributed by atoms with Gasteiger partial charge in [0.1, 0.15) is 11.6 Å². The van der Waals surface area contributed by atoms with E-state index in [-0.39, 0.29) is 14.9 Å². The van der Waals surface area contributed by atoms with Crippen molar-refractivity contribution in [3.05, 3.63) is 23.4 Å². The summed E-state index contributed by atoms with van der Waals surface area (Å²) in [6, 6.07) is 0. The minimum atomic E-state index is 0. The molecule has 0 aromatic carbocycles. The highest BCUT2D eigenvalue weighted by molar-refractivity contribution is 4.82. The number of nitrogens with zero attached hydrogens (tertiary/aromatic N) is 4. The Bertz CT molecular complexity index is 419. The molecule has 0 fully saturated rings. The lowest BCUT2D eigenvalue weighted by Crippen LogP contribution is -1.83. The molecule has 2 heterocycles. The van der Waals surface area contributed by atoms with E-state index >= 15 is 0 Å². The lowest BCUT2D eigenvalue weighted by molar-refractivity contribution is 0.460. The number of H-pyrrole nitrogens is 1. The van der Waals surface area contributed by atoms with E-state index in [0.29, 0.717) is 5.89 Å². The first-order valence-corrected chi connectivity index (χ1v) is 5.76. The van der Waals surface area contributed by atoms with Crippen LogP contribution in [-0.2, 0) is 6.42 Å². The van der Waals surface area contributed by atoms with Gasteiger partial charge in [0.25, 0.3) is 0 Å². The third-order valence-electron chi connectivity index (χ3n) is 2.02. The van der Waals surface area contributed by atoms with Crippen LogP contribution in [0.3, 0.4) is 0 Å². The topological polar surface area (TPSA) is 80.5 Å². The van der Waals surface area contributed by atoms with E-state index in [2.05, 4.69) is 32.3 Å². The number of hydrogen-bond acceptors (Lipinski definition) is 5. The van der Waals surface area contributed by atoms with Crippen LogP contribution in [0.4, 0.5) is 0 Å². The molecule has 0 aliphatic rings. The predicted molar refractivity (Wildman–Crippen MR) is 77.0 cm³/mol. The second-order valence-corrected chi connectivity index (χ2v) is 3.79. The first-order chi connectivity index (χ1) is 8.11. The molecule has 0 spiro atoms. The van der Waals surface area contributed by atoms with Crippen molar-refractivity contribution < 1.29 is 4.42 Å². The number of rotatable bonds is 3. The lowest BCUT2D eigenvalue weighted by atomic mass is 10.2. The quantitative estimate of drug-likeness (QED) is 0.923. The first kappa shape index (κ1) is 19.6. The first-order valence-electron chi connectivity index (χ1n) is 5.76. The second-order valence-electron chi connectivity index (χ2n) is 3.79. The largest absolute Gasteiger partial charge is 0.426 e. The molecule has 2 aromatic rings. The van der Waals surface area contributed by atoms with Crippen LogP contribution in [0.2, 0.25) is 0 Å². The zero-order valence-electron chi connectivity index (χ0n) is 10.8. The van der Waals surface area contributed by atoms with Crippen molar-refractivity contribution in [1.82, 2.24) is 25.4 Å². The van der Waals surface area contributed by atoms with Crippen molar-refractivity contribution in [2.24, 2.45) is 0 Å². The Morgan fingerprint density at radius 1 is 1.11 bits per heavy atom. The summed E-state index contributed by atoms with van der Waals surface area (Å²) >= 11 is 0. The molecule has 1 N–H and O–H groups in total. The van der Waals surface area contributed by atoms with Crippen molar-refractivity contribution in [2.75, 3.05) is 0 Å². The summed E-state index contributed by atoms with van der Waals surface area (Å²) in [4.78, 5) is 3.94. The van der Waals surface area contributed by atoms with E-state index in [0.717, 1.165) is 30.4 Å². The fourth-order valence-corrected chi connectivity index (χ4v) is 1.22. The Morgan fingerprint density at radius 2 is 1.79 bits per heavy atom. The molecule has 0 bridgehead atoms. The highest BCUT2D eigenvalue weighted by Crippen LogP contribution is 2.02. The Labute approximate surface area is 116 Å². The SMILES string of the molecule is C.C.CCCCc1nnc(C)o1.Cc1n[nH]c(C)n1. The van der Waals surface area contributed by atoms with Gasteiger partial charge in [-0.15, -0.1) is 10.2 Å². The highest BCUT2D eigenvalue weighted by atomic mass is 16.4. The Hall–Kier alpha value is -1.72. The molecule has 0 saturated heterocycles. The summed E-state index contributed by atoms with van der Waals surface area (Å²) in [5.74, 6) is 3.10. The van der Waals surface area contributed by atoms with Gasteiger partial charge in [0.2, 0.25) is 11.8 Å². The van der Waals surface area contributed by atoms with Gasteiger partial charge in [-0.3, -0.25) is 5.10 Å². The molecular formula is C13H27N5O. The molecule has 0 amide bonds. The number of hydrogen-bond donors (Lipinski definition) is 1. The lowest BCUT2D eigenvalue weighted by Gasteiger charge is -1.88. The van der Waals surface area contributed by atoms with Gasteiger partial charge >= 0.3 is 0 Å². The number of unbranched alkanes of at least 4 members (excludes halogenated alkanes) is 1. The summed E-state index contributed by atoms with van der Waals surface area (Å²) in [7, 11) is 0. The van der Waals surface area contributed by atoms with Crippen molar-refractivity contribution in [2.45, 2.75) is 61.8 Å². The van der Waals surface area contributed by atoms with Gasteiger partial charge in [-0.05, 0) is 20.3 Å². The van der Waals surface area contributed by atoms with Crippen LogP contribution in [0.15, 0.2) is 4.42 Å². The Kier molecular flexibility index (Phi) is 10.6. The molecule has 110 valence electrons. The zero-order chi connectivity index (χ0) is 12.7. The number of nitrogens with one attached hydrogen (secondary N) is 1. The van der Waals surface area contributed by atoms with Gasteiger partial charge < -0.3 is 4.42 Å². The van der Waals surface area contributed by atoms with Gasteiger partial charge in [0.05, 0.1) is 0 Å². The van der Waals surface area contributed by atoms with Gasteiger partial charge in [0, 0.05) is 13.3 Å². The number of aryl methyl sites for hydroxylation is 4. The fraction of sp³-hybridized carbons (Fsp3) is 0.692. The van der Waals surface area contributed by atoms with E-state index < -0.39 is 0 Å². The molecule has 2 aromatic heterocycles. The van der Waals surface area contributed by atoms with Crippen molar-refractivity contribution >= 4 is 0 Å². The van der Waals surface area contributed by atoms with E-state index in [1.54, 1.807) is 0 Å². The molecular weight excluding hydrogens is 242 g/mol. The van der Waals surface area contributed by atoms with Crippen molar-refractivity contribution in [3.8, 4) is 0 Å². The van der Waals surface area contributed by atoms with Crippen LogP contribution < -0.4 is 0 Å². The molecule has 0 unspecified atom stereocenters. The molecule has 0 aliphatic heterocycles. The van der Waals surface area contributed by atoms with Crippen LogP contribution in [0.5, 0.6) is 0 Å². The Balaban J connectivity index is 0. The normalized spacial score (nSPS) is 8.84. The third kappa shape index (κ3) is 8.07. The van der Waals surface area contributed by atoms with Gasteiger partial charge in [-0.1, -0.05) is 28.2 Å². The van der Waals surface area contributed by atoms with E-state index in [9.17, 15) is 0 Å². The minimum absolute atomic E-state index is 0. The van der Waals surface area contributed by atoms with Crippen LogP contribution in [0.1, 0.15) is 58.0 Å². The summed E-state index contributed by atoms with van der Waals surface area (Å²) in [6.07, 6.45) is 3.21. The molecule has 6 heteroatoms. The number of aromatic nitrogens is 5. The van der Waals surface area contributed by atoms with Crippen molar-refractivity contribution in [1.29, 1.82) is 0 Å². The van der Waals surface area contributed by atoms with Crippen molar-refractivity contribution in [3.63, 3.8) is 0 Å². The molecule has 0 saturated carbocycles. The van der Waals surface area contributed by atoms with Crippen LogP contribution in [0, 0.1) is 20.8 Å². The summed E-state index contributed by atoms with van der Waals surface area (Å²) in [5.41, 5.74) is 0. The summed E-state index contributed by atoms with van der Waals surface area (Å²) in [6.45, 7) is 7.68. The predicted octanol–water partition coefficient (Wildman–Crippen LogP) is 3.41. The van der Waals surface area contributed by atoms with Gasteiger partial charge in [-0.25, -0.2) is 4.98 Å². The standard InChI is InChI=1S/C7H12N2O.C4H7N3.2CH4/c1-3-4-5-7-9-8-6(2)10-7;1-3-5-4(2)7-6-3;;/h3-5H2,1-2H3;1-2H3,(H,5,6,7);2*1H4. The molecule has 0 aliphatic carbocycles. The maximum atomic E-state index is 5.16. The van der Waals surface area contributed by atoms with E-state index in [1.165, 1.54) is 6.42 Å². The minimum Gasteiger partial charge on any atom is -0.426 e. The maximum absolute atomic E-state index is 5.16. The average Bonchev–Trinajstić information content (AvgIpc) is 2.86. The van der Waals surface area contributed by atoms with Crippen LogP contribution in [-0.4, -0.2) is 25.4 Å². The van der Waals surface area contributed by atoms with E-state index in [4.69, 9.17) is 4.42 Å². The monoisotopic (exact) mass is 269 g/mol. The zero-order valence-corrected chi connectivity index (χ0v) is 10.8. The van der Waals surface area contributed by atoms with Gasteiger partial charge in [-0.2, -0.15) is 5.10 Å². The second kappa shape index (κ2) is 10.2. The third-order valence-corrected chi connectivity index (χ3v) is 2.02. The fourth-order valence-electron chi connectivity index (χ4n) is 1.22. The summed E-state index contributed by atoms with van der Waals surface area (Å²) in [5, 5.41) is 14.1. The molecule has 0 radical (unpaired) electrons. The smallest absolute Gasteiger partial charge is 0.216 e. The average molecular weight is 269 g/mol. The van der Waals surface area contributed by atoms with E-state index in [1.807, 2.05) is 20.8 Å². The molecule has 19 heavy (non-hydrogen) atoms. The van der Waals surface area contributed by atoms with Gasteiger partial charge in [0.15, 0.2) is 0 Å². The maximum Gasteiger partial charge on any atom is 0.216 e. The van der Waals surface area contributed by atoms with Crippen LogP contribution in [0.25, 0.3) is 0 Å². The molecule has 0 atom stereocenters.